The molecule has 86 valence electrons. The highest BCUT2D eigenvalue weighted by atomic mass is 79.9. The van der Waals surface area contributed by atoms with Gasteiger partial charge in [0.25, 0.3) is 0 Å². The zero-order valence-electron chi connectivity index (χ0n) is 9.24. The maximum absolute atomic E-state index is 10.2. The van der Waals surface area contributed by atoms with Crippen LogP contribution in [0.5, 0.6) is 0 Å². The van der Waals surface area contributed by atoms with Gasteiger partial charge >= 0.3 is 0 Å². The van der Waals surface area contributed by atoms with E-state index in [1.165, 1.54) is 5.56 Å². The lowest BCUT2D eigenvalue weighted by molar-refractivity contribution is 0.170. The fraction of sp³-hybridized carbons (Fsp3) is 0.385. The Morgan fingerprint density at radius 1 is 1.44 bits per heavy atom. The summed E-state index contributed by atoms with van der Waals surface area (Å²) in [5, 5.41) is 10.2. The highest BCUT2D eigenvalue weighted by Gasteiger charge is 2.18. The molecule has 1 aromatic rings. The van der Waals surface area contributed by atoms with Crippen LogP contribution >= 0.6 is 15.9 Å². The summed E-state index contributed by atoms with van der Waals surface area (Å²) in [6.07, 6.45) is 3.02. The average molecular weight is 283 g/mol. The normalized spacial score (nSPS) is 17.6. The molecule has 3 heteroatoms. The average Bonchev–Trinajstić information content (AvgIpc) is 2.29. The van der Waals surface area contributed by atoms with Crippen LogP contribution in [0.15, 0.2) is 34.5 Å². The van der Waals surface area contributed by atoms with Gasteiger partial charge in [-0.3, -0.25) is 0 Å². The first kappa shape index (κ1) is 11.7. The minimum Gasteiger partial charge on any atom is -0.501 e. The first-order valence-corrected chi connectivity index (χ1v) is 6.22. The SMILES string of the molecule is Cc1ccc(C(O)C2=COCCC2)c(Br)c1. The molecule has 0 fully saturated rings. The molecule has 0 saturated heterocycles. The van der Waals surface area contributed by atoms with E-state index in [1.54, 1.807) is 6.26 Å². The fourth-order valence-electron chi connectivity index (χ4n) is 1.84. The molecular weight excluding hydrogens is 268 g/mol. The predicted octanol–water partition coefficient (Wildman–Crippen LogP) is 3.49. The minimum absolute atomic E-state index is 0.560. The molecule has 1 aliphatic heterocycles. The maximum atomic E-state index is 10.2. The van der Waals surface area contributed by atoms with Gasteiger partial charge < -0.3 is 9.84 Å². The molecule has 1 aromatic carbocycles. The van der Waals surface area contributed by atoms with Crippen molar-refractivity contribution in [1.29, 1.82) is 0 Å². The van der Waals surface area contributed by atoms with Gasteiger partial charge in [-0.15, -0.1) is 0 Å². The Labute approximate surface area is 104 Å². The molecule has 0 bridgehead atoms. The molecule has 1 heterocycles. The van der Waals surface area contributed by atoms with E-state index in [4.69, 9.17) is 4.74 Å². The van der Waals surface area contributed by atoms with Crippen LogP contribution in [0, 0.1) is 6.92 Å². The minimum atomic E-state index is -0.560. The van der Waals surface area contributed by atoms with Crippen molar-refractivity contribution in [1.82, 2.24) is 0 Å². The molecule has 1 atom stereocenters. The van der Waals surface area contributed by atoms with Gasteiger partial charge in [-0.2, -0.15) is 0 Å². The van der Waals surface area contributed by atoms with Crippen molar-refractivity contribution < 1.29 is 9.84 Å². The van der Waals surface area contributed by atoms with Gasteiger partial charge in [0.15, 0.2) is 0 Å². The molecule has 0 saturated carbocycles. The van der Waals surface area contributed by atoms with Crippen molar-refractivity contribution >= 4 is 15.9 Å². The summed E-state index contributed by atoms with van der Waals surface area (Å²) >= 11 is 3.49. The van der Waals surface area contributed by atoms with Gasteiger partial charge in [0.05, 0.1) is 12.9 Å². The van der Waals surface area contributed by atoms with E-state index in [2.05, 4.69) is 15.9 Å². The van der Waals surface area contributed by atoms with E-state index >= 15 is 0 Å². The summed E-state index contributed by atoms with van der Waals surface area (Å²) in [5.41, 5.74) is 3.04. The molecule has 0 radical (unpaired) electrons. The zero-order valence-corrected chi connectivity index (χ0v) is 10.8. The number of hydrogen-bond donors (Lipinski definition) is 1. The van der Waals surface area contributed by atoms with Crippen molar-refractivity contribution in [2.24, 2.45) is 0 Å². The van der Waals surface area contributed by atoms with E-state index in [9.17, 15) is 5.11 Å². The topological polar surface area (TPSA) is 29.5 Å². The molecule has 1 aliphatic rings. The molecule has 2 rings (SSSR count). The van der Waals surface area contributed by atoms with Crippen molar-refractivity contribution in [3.63, 3.8) is 0 Å². The lowest BCUT2D eigenvalue weighted by Crippen LogP contribution is -2.08. The summed E-state index contributed by atoms with van der Waals surface area (Å²) in [7, 11) is 0. The first-order chi connectivity index (χ1) is 7.68. The maximum Gasteiger partial charge on any atom is 0.104 e. The second kappa shape index (κ2) is 5.02. The van der Waals surface area contributed by atoms with Crippen LogP contribution in [0.4, 0.5) is 0 Å². The third kappa shape index (κ3) is 2.47. The van der Waals surface area contributed by atoms with E-state index in [0.29, 0.717) is 0 Å². The number of benzene rings is 1. The van der Waals surface area contributed by atoms with Crippen LogP contribution in [0.1, 0.15) is 30.1 Å². The van der Waals surface area contributed by atoms with Crippen molar-refractivity contribution in [2.75, 3.05) is 6.61 Å². The van der Waals surface area contributed by atoms with Crippen LogP contribution in [0.2, 0.25) is 0 Å². The molecule has 0 aliphatic carbocycles. The number of aryl methyl sites for hydroxylation is 1. The Morgan fingerprint density at radius 3 is 2.88 bits per heavy atom. The molecular formula is C13H15BrO2. The largest absolute Gasteiger partial charge is 0.501 e. The molecule has 0 spiro atoms. The van der Waals surface area contributed by atoms with Gasteiger partial charge in [0.1, 0.15) is 6.10 Å². The van der Waals surface area contributed by atoms with Gasteiger partial charge in [-0.1, -0.05) is 28.1 Å². The monoisotopic (exact) mass is 282 g/mol. The lowest BCUT2D eigenvalue weighted by atomic mass is 9.97. The van der Waals surface area contributed by atoms with Crippen LogP contribution in [-0.2, 0) is 4.74 Å². The van der Waals surface area contributed by atoms with Gasteiger partial charge in [0.2, 0.25) is 0 Å². The predicted molar refractivity (Wildman–Crippen MR) is 67.1 cm³/mol. The highest BCUT2D eigenvalue weighted by molar-refractivity contribution is 9.10. The Morgan fingerprint density at radius 2 is 2.25 bits per heavy atom. The molecule has 0 aromatic heterocycles. The third-order valence-electron chi connectivity index (χ3n) is 2.76. The summed E-state index contributed by atoms with van der Waals surface area (Å²) in [5.74, 6) is 0. The van der Waals surface area contributed by atoms with Crippen LogP contribution < -0.4 is 0 Å². The fourth-order valence-corrected chi connectivity index (χ4v) is 2.55. The van der Waals surface area contributed by atoms with Gasteiger partial charge in [-0.05, 0) is 42.5 Å². The van der Waals surface area contributed by atoms with Crippen molar-refractivity contribution in [3.05, 3.63) is 45.6 Å². The van der Waals surface area contributed by atoms with Crippen LogP contribution in [0.3, 0.4) is 0 Å². The summed E-state index contributed by atoms with van der Waals surface area (Å²) in [6.45, 7) is 2.79. The highest BCUT2D eigenvalue weighted by Crippen LogP contribution is 2.32. The quantitative estimate of drug-likeness (QED) is 0.900. The van der Waals surface area contributed by atoms with E-state index in [1.807, 2.05) is 25.1 Å². The van der Waals surface area contributed by atoms with Gasteiger partial charge in [-0.25, -0.2) is 0 Å². The number of hydrogen-bond acceptors (Lipinski definition) is 2. The second-order valence-corrected chi connectivity index (χ2v) is 4.95. The summed E-state index contributed by atoms with van der Waals surface area (Å²) in [6, 6.07) is 5.98. The van der Waals surface area contributed by atoms with Crippen molar-refractivity contribution in [3.8, 4) is 0 Å². The van der Waals surface area contributed by atoms with E-state index < -0.39 is 6.10 Å². The number of aliphatic hydroxyl groups excluding tert-OH is 1. The number of ether oxygens (including phenoxy) is 1. The molecule has 2 nitrogen and oxygen atoms in total. The molecule has 16 heavy (non-hydrogen) atoms. The van der Waals surface area contributed by atoms with E-state index in [-0.39, 0.29) is 0 Å². The smallest absolute Gasteiger partial charge is 0.104 e. The Bertz CT molecular complexity index is 412. The van der Waals surface area contributed by atoms with Crippen LogP contribution in [-0.4, -0.2) is 11.7 Å². The summed E-state index contributed by atoms with van der Waals surface area (Å²) in [4.78, 5) is 0. The number of rotatable bonds is 2. The second-order valence-electron chi connectivity index (χ2n) is 4.09. The standard InChI is InChI=1S/C13H15BrO2/c1-9-4-5-11(12(14)7-9)13(15)10-3-2-6-16-8-10/h4-5,7-8,13,15H,2-3,6H2,1H3. The Hall–Kier alpha value is -0.800. The third-order valence-corrected chi connectivity index (χ3v) is 3.45. The Balaban J connectivity index is 2.26. The van der Waals surface area contributed by atoms with Crippen LogP contribution in [0.25, 0.3) is 0 Å². The molecule has 0 amide bonds. The Kier molecular flexibility index (Phi) is 3.66. The molecule has 1 unspecified atom stereocenters. The zero-order chi connectivity index (χ0) is 11.5. The lowest BCUT2D eigenvalue weighted by Gasteiger charge is -2.20. The molecule has 1 N–H and O–H groups in total. The number of halogens is 1. The van der Waals surface area contributed by atoms with Crippen molar-refractivity contribution in [2.45, 2.75) is 25.9 Å². The first-order valence-electron chi connectivity index (χ1n) is 5.43. The van der Waals surface area contributed by atoms with Gasteiger partial charge in [0, 0.05) is 4.47 Å². The number of aliphatic hydroxyl groups is 1. The summed E-state index contributed by atoms with van der Waals surface area (Å²) < 4.78 is 6.20. The van der Waals surface area contributed by atoms with E-state index in [0.717, 1.165) is 35.1 Å².